The molecule has 1 amide bonds. The largest absolute Gasteiger partial charge is 0.476 e. The number of aromatic nitrogens is 1. The van der Waals surface area contributed by atoms with Gasteiger partial charge in [0.15, 0.2) is 0 Å². The molecule has 116 valence electrons. The molecule has 0 saturated heterocycles. The molecule has 0 radical (unpaired) electrons. The predicted molar refractivity (Wildman–Crippen MR) is 83.3 cm³/mol. The summed E-state index contributed by atoms with van der Waals surface area (Å²) in [6.45, 7) is 5.08. The molecule has 0 aromatic carbocycles. The Morgan fingerprint density at radius 2 is 2.24 bits per heavy atom. The maximum atomic E-state index is 11.5. The van der Waals surface area contributed by atoms with Crippen molar-refractivity contribution in [2.75, 3.05) is 24.2 Å². The van der Waals surface area contributed by atoms with Crippen LogP contribution in [0.15, 0.2) is 12.1 Å². The molecular weight excluding hydrogens is 268 g/mol. The van der Waals surface area contributed by atoms with E-state index in [0.29, 0.717) is 42.9 Å². The number of nitrogens with zero attached hydrogens (tertiary/aromatic N) is 1. The van der Waals surface area contributed by atoms with Gasteiger partial charge in [0.05, 0.1) is 12.3 Å². The van der Waals surface area contributed by atoms with E-state index in [9.17, 15) is 4.79 Å². The summed E-state index contributed by atoms with van der Waals surface area (Å²) in [5.41, 5.74) is 6.39. The number of nitrogens with two attached hydrogens (primary N) is 1. The minimum atomic E-state index is 0.0261. The maximum absolute atomic E-state index is 11.5. The van der Waals surface area contributed by atoms with E-state index in [2.05, 4.69) is 15.6 Å². The fourth-order valence-corrected chi connectivity index (χ4v) is 1.84. The predicted octanol–water partition coefficient (Wildman–Crippen LogP) is 1.78. The first-order chi connectivity index (χ1) is 10.0. The van der Waals surface area contributed by atoms with Crippen LogP contribution in [0.4, 0.5) is 11.5 Å². The Bertz CT molecular complexity index is 487. The van der Waals surface area contributed by atoms with Crippen LogP contribution in [0, 0.1) is 5.92 Å². The lowest BCUT2D eigenvalue weighted by Gasteiger charge is -2.11. The van der Waals surface area contributed by atoms with Crippen molar-refractivity contribution in [3.8, 4) is 5.88 Å². The van der Waals surface area contributed by atoms with Crippen molar-refractivity contribution < 1.29 is 9.53 Å². The summed E-state index contributed by atoms with van der Waals surface area (Å²) in [4.78, 5) is 15.9. The third-order valence-electron chi connectivity index (χ3n) is 3.15. The summed E-state index contributed by atoms with van der Waals surface area (Å²) in [6, 6.07) is 3.72. The van der Waals surface area contributed by atoms with Crippen LogP contribution in [0.1, 0.15) is 33.1 Å². The van der Waals surface area contributed by atoms with E-state index in [1.165, 1.54) is 12.8 Å². The van der Waals surface area contributed by atoms with Crippen LogP contribution in [0.2, 0.25) is 0 Å². The highest BCUT2D eigenvalue weighted by Gasteiger charge is 2.22. The van der Waals surface area contributed by atoms with Crippen molar-refractivity contribution in [1.29, 1.82) is 0 Å². The summed E-state index contributed by atoms with van der Waals surface area (Å²) in [7, 11) is 0. The van der Waals surface area contributed by atoms with Gasteiger partial charge < -0.3 is 21.1 Å². The Labute approximate surface area is 125 Å². The molecule has 1 aromatic heterocycles. The zero-order valence-corrected chi connectivity index (χ0v) is 12.7. The highest BCUT2D eigenvalue weighted by atomic mass is 16.5. The zero-order valence-electron chi connectivity index (χ0n) is 12.7. The number of nitrogens with one attached hydrogen (secondary N) is 2. The number of carbonyl (C=O) groups is 1. The molecule has 0 spiro atoms. The van der Waals surface area contributed by atoms with E-state index in [4.69, 9.17) is 10.5 Å². The fraction of sp³-hybridized carbons (Fsp3) is 0.600. The van der Waals surface area contributed by atoms with E-state index in [-0.39, 0.29) is 11.9 Å². The molecule has 2 rings (SSSR count). The van der Waals surface area contributed by atoms with E-state index in [1.54, 1.807) is 12.1 Å². The van der Waals surface area contributed by atoms with Gasteiger partial charge in [-0.15, -0.1) is 0 Å². The lowest BCUT2D eigenvalue weighted by Crippen LogP contribution is -2.31. The topological polar surface area (TPSA) is 89.3 Å². The lowest BCUT2D eigenvalue weighted by atomic mass is 10.3. The van der Waals surface area contributed by atoms with Crippen LogP contribution in [0.5, 0.6) is 5.88 Å². The molecule has 0 bridgehead atoms. The zero-order chi connectivity index (χ0) is 15.2. The summed E-state index contributed by atoms with van der Waals surface area (Å²) < 4.78 is 5.63. The second kappa shape index (κ2) is 7.15. The molecule has 0 unspecified atom stereocenters. The molecule has 21 heavy (non-hydrogen) atoms. The van der Waals surface area contributed by atoms with E-state index < -0.39 is 0 Å². The summed E-state index contributed by atoms with van der Waals surface area (Å²) >= 11 is 0. The number of ether oxygens (including phenoxy) is 1. The number of hydrogen-bond donors (Lipinski definition) is 3. The summed E-state index contributed by atoms with van der Waals surface area (Å²) in [5, 5.41) is 5.96. The Kier molecular flexibility index (Phi) is 5.25. The van der Waals surface area contributed by atoms with E-state index in [1.807, 2.05) is 13.8 Å². The van der Waals surface area contributed by atoms with Crippen molar-refractivity contribution in [2.45, 2.75) is 39.2 Å². The first kappa shape index (κ1) is 15.4. The number of pyridine rings is 1. The molecule has 1 aromatic rings. The molecule has 6 nitrogen and oxygen atoms in total. The van der Waals surface area contributed by atoms with Crippen LogP contribution in [0.3, 0.4) is 0 Å². The Balaban J connectivity index is 1.79. The minimum absolute atomic E-state index is 0.0261. The highest BCUT2D eigenvalue weighted by Crippen LogP contribution is 2.30. The smallest absolute Gasteiger partial charge is 0.239 e. The van der Waals surface area contributed by atoms with Gasteiger partial charge in [-0.3, -0.25) is 4.79 Å². The number of carbonyl (C=O) groups excluding carboxylic acids is 1. The van der Waals surface area contributed by atoms with Gasteiger partial charge in [0.1, 0.15) is 5.82 Å². The number of amides is 1. The van der Waals surface area contributed by atoms with Crippen molar-refractivity contribution in [3.63, 3.8) is 0 Å². The first-order valence-corrected chi connectivity index (χ1v) is 7.47. The van der Waals surface area contributed by atoms with E-state index in [0.717, 1.165) is 0 Å². The van der Waals surface area contributed by atoms with Gasteiger partial charge in [-0.05, 0) is 44.7 Å². The van der Waals surface area contributed by atoms with E-state index >= 15 is 0 Å². The monoisotopic (exact) mass is 292 g/mol. The van der Waals surface area contributed by atoms with Crippen molar-refractivity contribution in [2.24, 2.45) is 5.92 Å². The molecule has 4 N–H and O–H groups in total. The lowest BCUT2D eigenvalue weighted by molar-refractivity contribution is -0.121. The molecule has 1 heterocycles. The van der Waals surface area contributed by atoms with Crippen LogP contribution in [-0.2, 0) is 4.79 Å². The standard InChI is InChI=1S/C15H24N4O2/c1-10(2)18-14(20)7-8-17-13-6-5-12(16)15(19-13)21-9-11-3-4-11/h5-6,10-11H,3-4,7-9,16H2,1-2H3,(H,17,19)(H,18,20). The van der Waals surface area contributed by atoms with Gasteiger partial charge in [-0.1, -0.05) is 0 Å². The number of hydrogen-bond acceptors (Lipinski definition) is 5. The second-order valence-corrected chi connectivity index (χ2v) is 5.74. The SMILES string of the molecule is CC(C)NC(=O)CCNc1ccc(N)c(OCC2CC2)n1. The molecule has 1 aliphatic carbocycles. The molecule has 0 atom stereocenters. The average Bonchev–Trinajstić information content (AvgIpc) is 3.22. The first-order valence-electron chi connectivity index (χ1n) is 7.47. The molecule has 1 aliphatic rings. The number of anilines is 2. The Hall–Kier alpha value is -1.98. The van der Waals surface area contributed by atoms with Gasteiger partial charge in [-0.2, -0.15) is 4.98 Å². The molecule has 0 aliphatic heterocycles. The second-order valence-electron chi connectivity index (χ2n) is 5.74. The summed E-state index contributed by atoms with van der Waals surface area (Å²) in [5.74, 6) is 1.83. The molecule has 1 saturated carbocycles. The fourth-order valence-electron chi connectivity index (χ4n) is 1.84. The van der Waals surface area contributed by atoms with Crippen LogP contribution in [-0.4, -0.2) is 30.1 Å². The maximum Gasteiger partial charge on any atom is 0.239 e. The van der Waals surface area contributed by atoms with Gasteiger partial charge in [-0.25, -0.2) is 0 Å². The van der Waals surface area contributed by atoms with Gasteiger partial charge >= 0.3 is 0 Å². The van der Waals surface area contributed by atoms with Crippen molar-refractivity contribution >= 4 is 17.4 Å². The normalized spacial score (nSPS) is 14.0. The quantitative estimate of drug-likeness (QED) is 0.679. The van der Waals surface area contributed by atoms with Crippen LogP contribution >= 0.6 is 0 Å². The van der Waals surface area contributed by atoms with Crippen molar-refractivity contribution in [1.82, 2.24) is 10.3 Å². The number of nitrogen functional groups attached to an aromatic ring is 1. The van der Waals surface area contributed by atoms with Gasteiger partial charge in [0, 0.05) is 19.0 Å². The van der Waals surface area contributed by atoms with Gasteiger partial charge in [0.25, 0.3) is 0 Å². The van der Waals surface area contributed by atoms with Crippen LogP contribution < -0.4 is 21.1 Å². The molecule has 1 fully saturated rings. The van der Waals surface area contributed by atoms with Crippen LogP contribution in [0.25, 0.3) is 0 Å². The third kappa shape index (κ3) is 5.49. The third-order valence-corrected chi connectivity index (χ3v) is 3.15. The Morgan fingerprint density at radius 1 is 1.48 bits per heavy atom. The highest BCUT2D eigenvalue weighted by molar-refractivity contribution is 5.76. The molecule has 6 heteroatoms. The average molecular weight is 292 g/mol. The molecular formula is C15H24N4O2. The van der Waals surface area contributed by atoms with Gasteiger partial charge in [0.2, 0.25) is 11.8 Å². The van der Waals surface area contributed by atoms with Crippen molar-refractivity contribution in [3.05, 3.63) is 12.1 Å². The number of rotatable bonds is 8. The summed E-state index contributed by atoms with van der Waals surface area (Å²) in [6.07, 6.45) is 2.86. The Morgan fingerprint density at radius 3 is 2.90 bits per heavy atom. The minimum Gasteiger partial charge on any atom is -0.476 e.